The summed E-state index contributed by atoms with van der Waals surface area (Å²) in [6.45, 7) is 3.60. The highest BCUT2D eigenvalue weighted by Crippen LogP contribution is 2.39. The molecule has 0 unspecified atom stereocenters. The van der Waals surface area contributed by atoms with Crippen molar-refractivity contribution < 1.29 is 33.0 Å². The molecule has 3 aromatic heterocycles. The number of thiazole rings is 2. The van der Waals surface area contributed by atoms with E-state index in [2.05, 4.69) is 4.99 Å². The van der Waals surface area contributed by atoms with Crippen LogP contribution < -0.4 is 29.3 Å². The third-order valence-electron chi connectivity index (χ3n) is 8.71. The number of ether oxygens (including phenoxy) is 3. The lowest BCUT2D eigenvalue weighted by Crippen LogP contribution is -2.39. The number of carbonyl (C=O) groups is 3. The van der Waals surface area contributed by atoms with Gasteiger partial charge < -0.3 is 18.6 Å². The lowest BCUT2D eigenvalue weighted by Gasteiger charge is -2.25. The molecule has 2 aliphatic rings. The van der Waals surface area contributed by atoms with E-state index in [1.807, 2.05) is 0 Å². The normalized spacial score (nSPS) is 15.5. The summed E-state index contributed by atoms with van der Waals surface area (Å²) in [6.07, 6.45) is 1.65. The Balaban J connectivity index is 1.09. The summed E-state index contributed by atoms with van der Waals surface area (Å²) in [5.74, 6) is 0.115. The Morgan fingerprint density at radius 3 is 2.42 bits per heavy atom. The van der Waals surface area contributed by atoms with Gasteiger partial charge in [-0.15, -0.1) is 11.3 Å². The Hall–Kier alpha value is -5.77. The zero-order chi connectivity index (χ0) is 37.0. The molecule has 0 saturated heterocycles. The number of nitrogens with zero attached hydrogens (tertiary/aromatic N) is 4. The first kappa shape index (κ1) is 34.3. The lowest BCUT2D eigenvalue weighted by atomic mass is 9.95. The fourth-order valence-corrected chi connectivity index (χ4v) is 9.34. The van der Waals surface area contributed by atoms with Crippen LogP contribution in [0.2, 0.25) is 0 Å². The van der Waals surface area contributed by atoms with Crippen LogP contribution in [0.4, 0.5) is 5.69 Å². The molecule has 8 rings (SSSR count). The Labute approximate surface area is 313 Å². The van der Waals surface area contributed by atoms with Gasteiger partial charge in [0.25, 0.3) is 17.4 Å². The third kappa shape index (κ3) is 5.96. The summed E-state index contributed by atoms with van der Waals surface area (Å²) in [4.78, 5) is 64.4. The number of hydrogen-bond donors (Lipinski definition) is 0. The average Bonchev–Trinajstić information content (AvgIpc) is 3.91. The van der Waals surface area contributed by atoms with Gasteiger partial charge in [0.2, 0.25) is 0 Å². The molecule has 0 saturated carbocycles. The van der Waals surface area contributed by atoms with Crippen molar-refractivity contribution in [3.8, 4) is 11.5 Å². The topological polar surface area (TPSA) is 143 Å². The van der Waals surface area contributed by atoms with E-state index in [0.29, 0.717) is 69.6 Å². The Morgan fingerprint density at radius 1 is 0.943 bits per heavy atom. The fourth-order valence-electron chi connectivity index (χ4n) is 6.31. The summed E-state index contributed by atoms with van der Waals surface area (Å²) >= 11 is 3.90. The molecular weight excluding hydrogens is 737 g/mol. The van der Waals surface area contributed by atoms with E-state index in [0.717, 1.165) is 4.70 Å². The number of amides is 2. The molecule has 1 atom stereocenters. The molecule has 0 radical (unpaired) electrons. The number of rotatable bonds is 9. The monoisotopic (exact) mass is 764 g/mol. The molecule has 0 spiro atoms. The van der Waals surface area contributed by atoms with Gasteiger partial charge in [0.1, 0.15) is 5.76 Å². The van der Waals surface area contributed by atoms with E-state index >= 15 is 0 Å². The fraction of sp³-hybridized carbons (Fsp3) is 0.158. The van der Waals surface area contributed by atoms with E-state index in [9.17, 15) is 19.2 Å². The van der Waals surface area contributed by atoms with Gasteiger partial charge in [0.15, 0.2) is 25.7 Å². The summed E-state index contributed by atoms with van der Waals surface area (Å²) in [5.41, 5.74) is 2.92. The van der Waals surface area contributed by atoms with Gasteiger partial charge in [-0.25, -0.2) is 19.7 Å². The van der Waals surface area contributed by atoms with Crippen LogP contribution in [0.25, 0.3) is 16.3 Å². The molecule has 6 aromatic rings. The number of allylic oxidation sites excluding steroid dienone is 1. The summed E-state index contributed by atoms with van der Waals surface area (Å²) in [7, 11) is 3.05. The Bertz CT molecular complexity index is 2690. The number of benzene rings is 3. The largest absolute Gasteiger partial charge is 0.493 e. The number of carbonyl (C=O) groups excluding carboxylic acids is 3. The summed E-state index contributed by atoms with van der Waals surface area (Å²) < 4.78 is 25.8. The molecule has 0 N–H and O–H groups in total. The Kier molecular flexibility index (Phi) is 8.84. The molecule has 15 heteroatoms. The van der Waals surface area contributed by atoms with E-state index in [4.69, 9.17) is 23.6 Å². The number of imide groups is 1. The Morgan fingerprint density at radius 2 is 1.70 bits per heavy atom. The highest BCUT2D eigenvalue weighted by Gasteiger charge is 2.37. The predicted octanol–water partition coefficient (Wildman–Crippen LogP) is 5.97. The number of esters is 1. The van der Waals surface area contributed by atoms with Gasteiger partial charge in [-0.2, -0.15) is 0 Å². The molecule has 2 amide bonds. The molecule has 2 aliphatic heterocycles. The maximum Gasteiger partial charge on any atom is 0.338 e. The minimum Gasteiger partial charge on any atom is -0.493 e. The average molecular weight is 765 g/mol. The number of furan rings is 1. The van der Waals surface area contributed by atoms with Crippen molar-refractivity contribution in [3.63, 3.8) is 0 Å². The number of methoxy groups -OCH3 is 2. The molecule has 3 aromatic carbocycles. The van der Waals surface area contributed by atoms with Crippen molar-refractivity contribution in [1.29, 1.82) is 0 Å². The van der Waals surface area contributed by atoms with Crippen LogP contribution >= 0.6 is 34.4 Å². The first-order chi connectivity index (χ1) is 25.7. The molecule has 53 heavy (non-hydrogen) atoms. The minimum absolute atomic E-state index is 0.158. The van der Waals surface area contributed by atoms with Crippen molar-refractivity contribution in [1.82, 2.24) is 9.55 Å². The number of hydrogen-bond acceptors (Lipinski definition) is 13. The predicted molar refractivity (Wildman–Crippen MR) is 200 cm³/mol. The van der Waals surface area contributed by atoms with Gasteiger partial charge in [-0.05, 0) is 85.8 Å². The van der Waals surface area contributed by atoms with E-state index < -0.39 is 12.0 Å². The first-order valence-corrected chi connectivity index (χ1v) is 18.7. The van der Waals surface area contributed by atoms with Crippen LogP contribution in [0.3, 0.4) is 0 Å². The molecule has 12 nitrogen and oxygen atoms in total. The first-order valence-electron chi connectivity index (χ1n) is 16.3. The van der Waals surface area contributed by atoms with Crippen molar-refractivity contribution in [2.24, 2.45) is 4.99 Å². The van der Waals surface area contributed by atoms with Gasteiger partial charge in [0, 0.05) is 6.08 Å². The quantitative estimate of drug-likeness (QED) is 0.128. The van der Waals surface area contributed by atoms with E-state index in [1.165, 1.54) is 58.1 Å². The molecular formula is C38H28N4O8S3. The highest BCUT2D eigenvalue weighted by molar-refractivity contribution is 8.01. The van der Waals surface area contributed by atoms with Crippen molar-refractivity contribution >= 4 is 74.2 Å². The van der Waals surface area contributed by atoms with E-state index in [-0.39, 0.29) is 29.6 Å². The highest BCUT2D eigenvalue weighted by atomic mass is 32.2. The van der Waals surface area contributed by atoms with Crippen LogP contribution in [0.15, 0.2) is 108 Å². The van der Waals surface area contributed by atoms with Crippen LogP contribution in [0.5, 0.6) is 11.5 Å². The number of anilines is 1. The van der Waals surface area contributed by atoms with Crippen LogP contribution in [-0.2, 0) is 9.53 Å². The second-order valence-corrected chi connectivity index (χ2v) is 15.1. The van der Waals surface area contributed by atoms with Gasteiger partial charge in [-0.3, -0.25) is 19.0 Å². The third-order valence-corrected chi connectivity index (χ3v) is 11.7. The maximum atomic E-state index is 14.1. The second-order valence-electron chi connectivity index (χ2n) is 11.8. The smallest absolute Gasteiger partial charge is 0.338 e. The summed E-state index contributed by atoms with van der Waals surface area (Å²) in [5, 5.41) is 0.548. The standard InChI is InChI=1S/C38H28N4O8S3/c1-5-49-36(46)31-19(2)39-37-42(32(31)20-10-14-26(47-3)27(16-20)48-4)35(45)29(51-37)18-22-12-15-30(50-22)53-38-40-25-13-11-21(17-28(25)52-38)41-33(43)23-8-6-7-9-24(23)34(41)44/h6-18,32H,5H2,1-4H3/b29-18-/t32-/m0/s1. The van der Waals surface area contributed by atoms with Gasteiger partial charge in [-0.1, -0.05) is 29.5 Å². The minimum atomic E-state index is -0.827. The molecule has 0 fully saturated rings. The SMILES string of the molecule is CCOC(=O)C1=C(C)N=c2s/c(=C\c3ccc(Sc4nc5ccc(N6C(=O)c7ccccc7C6=O)cc5s4)o3)c(=O)n2[C@H]1c1ccc(OC)c(OC)c1. The second kappa shape index (κ2) is 13.7. The zero-order valence-electron chi connectivity index (χ0n) is 28.6. The van der Waals surface area contributed by atoms with Crippen LogP contribution in [-0.4, -0.2) is 48.2 Å². The van der Waals surface area contributed by atoms with Crippen LogP contribution in [0.1, 0.15) is 51.9 Å². The molecule has 0 bridgehead atoms. The summed E-state index contributed by atoms with van der Waals surface area (Å²) in [6, 6.07) is 20.0. The van der Waals surface area contributed by atoms with Crippen molar-refractivity contribution in [2.45, 2.75) is 29.3 Å². The van der Waals surface area contributed by atoms with Gasteiger partial charge >= 0.3 is 5.97 Å². The number of aromatic nitrogens is 2. The number of fused-ring (bicyclic) bond motifs is 3. The van der Waals surface area contributed by atoms with Crippen molar-refractivity contribution in [3.05, 3.63) is 126 Å². The van der Waals surface area contributed by atoms with Gasteiger partial charge in [0.05, 0.1) is 69.7 Å². The van der Waals surface area contributed by atoms with Crippen LogP contribution in [0, 0.1) is 0 Å². The molecule has 5 heterocycles. The zero-order valence-corrected chi connectivity index (χ0v) is 31.0. The molecule has 0 aliphatic carbocycles. The maximum absolute atomic E-state index is 14.1. The van der Waals surface area contributed by atoms with E-state index in [1.54, 1.807) is 92.7 Å². The van der Waals surface area contributed by atoms with Crippen molar-refractivity contribution in [2.75, 3.05) is 25.7 Å². The molecule has 266 valence electrons. The lowest BCUT2D eigenvalue weighted by molar-refractivity contribution is -0.139.